The number of rotatable bonds is 4. The molecular weight excluding hydrogens is 340 g/mol. The topological polar surface area (TPSA) is 48.9 Å². The molecule has 2 aliphatic heterocycles. The fourth-order valence-corrected chi connectivity index (χ4v) is 5.20. The number of pyridine rings is 1. The lowest BCUT2D eigenvalue weighted by Crippen LogP contribution is -2.47. The molecule has 1 aliphatic carbocycles. The van der Waals surface area contributed by atoms with Crippen molar-refractivity contribution >= 4 is 11.7 Å². The number of aromatic nitrogens is 1. The molecule has 6 heteroatoms. The van der Waals surface area contributed by atoms with E-state index in [1.165, 1.54) is 6.42 Å². The van der Waals surface area contributed by atoms with Crippen LogP contribution in [0, 0.1) is 11.8 Å². The van der Waals surface area contributed by atoms with Gasteiger partial charge in [-0.15, -0.1) is 0 Å². The minimum atomic E-state index is 0.153. The SMILES string of the molecule is CO[C@@H]1C[C@H]2CN(c3cc(C(=O)N4CCCC4)ccn3)C[C@H]2C[C@H]1N(C)C. The summed E-state index contributed by atoms with van der Waals surface area (Å²) in [6.45, 7) is 3.81. The maximum absolute atomic E-state index is 12.7. The number of anilines is 1. The van der Waals surface area contributed by atoms with Crippen molar-refractivity contribution in [2.24, 2.45) is 11.8 Å². The first-order valence-corrected chi connectivity index (χ1v) is 10.3. The second-order valence-electron chi connectivity index (χ2n) is 8.60. The summed E-state index contributed by atoms with van der Waals surface area (Å²) in [5.41, 5.74) is 0.776. The molecule has 6 nitrogen and oxygen atoms in total. The minimum Gasteiger partial charge on any atom is -0.380 e. The molecule has 3 fully saturated rings. The average Bonchev–Trinajstić information content (AvgIpc) is 3.35. The van der Waals surface area contributed by atoms with Crippen LogP contribution in [0.5, 0.6) is 0 Å². The van der Waals surface area contributed by atoms with Crippen LogP contribution in [0.2, 0.25) is 0 Å². The molecule has 0 unspecified atom stereocenters. The van der Waals surface area contributed by atoms with Crippen LogP contribution in [0.1, 0.15) is 36.0 Å². The number of hydrogen-bond donors (Lipinski definition) is 0. The highest BCUT2D eigenvalue weighted by molar-refractivity contribution is 5.95. The first-order chi connectivity index (χ1) is 13.1. The summed E-state index contributed by atoms with van der Waals surface area (Å²) >= 11 is 0. The second kappa shape index (κ2) is 7.76. The number of amides is 1. The van der Waals surface area contributed by atoms with Crippen molar-refractivity contribution < 1.29 is 9.53 Å². The number of methoxy groups -OCH3 is 1. The standard InChI is InChI=1S/C21H32N4O2/c1-23(2)18-10-16-13-25(14-17(16)11-19(18)27-3)20-12-15(6-7-22-20)21(26)24-8-4-5-9-24/h6-7,12,16-19H,4-5,8-11,13-14H2,1-3H3/t16-,17+,18-,19-/m1/s1. The Bertz CT molecular complexity index is 674. The van der Waals surface area contributed by atoms with Crippen molar-refractivity contribution in [2.75, 3.05) is 52.3 Å². The molecule has 4 atom stereocenters. The van der Waals surface area contributed by atoms with Gasteiger partial charge in [0.25, 0.3) is 5.91 Å². The van der Waals surface area contributed by atoms with Crippen LogP contribution in [0.15, 0.2) is 18.3 Å². The van der Waals surface area contributed by atoms with Crippen LogP contribution in [-0.2, 0) is 4.74 Å². The van der Waals surface area contributed by atoms with Gasteiger partial charge in [-0.1, -0.05) is 0 Å². The van der Waals surface area contributed by atoms with Gasteiger partial charge in [0, 0.05) is 51.1 Å². The molecule has 0 spiro atoms. The Hall–Kier alpha value is -1.66. The predicted molar refractivity (Wildman–Crippen MR) is 106 cm³/mol. The molecule has 0 aromatic carbocycles. The zero-order valence-electron chi connectivity index (χ0n) is 16.8. The van der Waals surface area contributed by atoms with Crippen molar-refractivity contribution in [2.45, 2.75) is 37.8 Å². The largest absolute Gasteiger partial charge is 0.380 e. The Morgan fingerprint density at radius 3 is 2.56 bits per heavy atom. The van der Waals surface area contributed by atoms with Crippen molar-refractivity contribution in [3.8, 4) is 0 Å². The number of ether oxygens (including phenoxy) is 1. The third kappa shape index (κ3) is 3.69. The molecule has 27 heavy (non-hydrogen) atoms. The quantitative estimate of drug-likeness (QED) is 0.810. The lowest BCUT2D eigenvalue weighted by molar-refractivity contribution is -0.0209. The van der Waals surface area contributed by atoms with E-state index in [0.717, 1.165) is 56.8 Å². The molecule has 1 aromatic heterocycles. The van der Waals surface area contributed by atoms with Gasteiger partial charge in [-0.3, -0.25) is 4.79 Å². The molecule has 0 N–H and O–H groups in total. The van der Waals surface area contributed by atoms with E-state index in [1.54, 1.807) is 6.20 Å². The van der Waals surface area contributed by atoms with Crippen LogP contribution in [0.25, 0.3) is 0 Å². The minimum absolute atomic E-state index is 0.153. The normalized spacial score (nSPS) is 30.8. The number of carbonyl (C=O) groups is 1. The molecule has 1 amide bonds. The summed E-state index contributed by atoms with van der Waals surface area (Å²) in [6, 6.07) is 4.33. The molecule has 0 radical (unpaired) electrons. The number of carbonyl (C=O) groups excluding carboxylic acids is 1. The van der Waals surface area contributed by atoms with Crippen LogP contribution < -0.4 is 4.90 Å². The molecule has 1 saturated carbocycles. The van der Waals surface area contributed by atoms with Crippen LogP contribution in [0.3, 0.4) is 0 Å². The maximum Gasteiger partial charge on any atom is 0.254 e. The maximum atomic E-state index is 12.7. The number of likely N-dealkylation sites (N-methyl/N-ethyl adjacent to an activating group) is 1. The summed E-state index contributed by atoms with van der Waals surface area (Å²) in [4.78, 5) is 24.0. The summed E-state index contributed by atoms with van der Waals surface area (Å²) in [7, 11) is 6.14. The van der Waals surface area contributed by atoms with Crippen LogP contribution in [0.4, 0.5) is 5.82 Å². The fraction of sp³-hybridized carbons (Fsp3) is 0.714. The molecule has 3 heterocycles. The van der Waals surface area contributed by atoms with E-state index in [9.17, 15) is 4.79 Å². The molecule has 3 aliphatic rings. The molecular formula is C21H32N4O2. The van der Waals surface area contributed by atoms with Gasteiger partial charge in [-0.25, -0.2) is 4.98 Å². The zero-order valence-corrected chi connectivity index (χ0v) is 16.8. The number of nitrogens with zero attached hydrogens (tertiary/aromatic N) is 4. The number of hydrogen-bond acceptors (Lipinski definition) is 5. The third-order valence-electron chi connectivity index (χ3n) is 6.76. The lowest BCUT2D eigenvalue weighted by Gasteiger charge is -2.40. The predicted octanol–water partition coefficient (Wildman–Crippen LogP) is 2.11. The average molecular weight is 373 g/mol. The van der Waals surface area contributed by atoms with Gasteiger partial charge in [0.1, 0.15) is 5.82 Å². The summed E-state index contributed by atoms with van der Waals surface area (Å²) in [5.74, 6) is 2.42. The molecule has 0 bridgehead atoms. The van der Waals surface area contributed by atoms with Crippen molar-refractivity contribution in [1.82, 2.24) is 14.8 Å². The number of likely N-dealkylation sites (tertiary alicyclic amines) is 1. The third-order valence-corrected chi connectivity index (χ3v) is 6.76. The van der Waals surface area contributed by atoms with Crippen LogP contribution in [-0.4, -0.2) is 80.2 Å². The Morgan fingerprint density at radius 2 is 1.89 bits per heavy atom. The highest BCUT2D eigenvalue weighted by atomic mass is 16.5. The molecule has 1 aromatic rings. The summed E-state index contributed by atoms with van der Waals surface area (Å²) < 4.78 is 5.80. The Kier molecular flexibility index (Phi) is 5.37. The van der Waals surface area contributed by atoms with Crippen LogP contribution >= 0.6 is 0 Å². The Labute approximate surface area is 162 Å². The lowest BCUT2D eigenvalue weighted by atomic mass is 9.77. The van der Waals surface area contributed by atoms with Gasteiger partial charge in [0.15, 0.2) is 0 Å². The van der Waals surface area contributed by atoms with Gasteiger partial charge in [-0.2, -0.15) is 0 Å². The van der Waals surface area contributed by atoms with Gasteiger partial charge >= 0.3 is 0 Å². The van der Waals surface area contributed by atoms with Crippen molar-refractivity contribution in [1.29, 1.82) is 0 Å². The van der Waals surface area contributed by atoms with Gasteiger partial charge in [0.2, 0.25) is 0 Å². The smallest absolute Gasteiger partial charge is 0.254 e. The number of fused-ring (bicyclic) bond motifs is 1. The molecule has 148 valence electrons. The van der Waals surface area contributed by atoms with E-state index in [4.69, 9.17) is 4.74 Å². The van der Waals surface area contributed by atoms with E-state index in [2.05, 4.69) is 28.9 Å². The molecule has 4 rings (SSSR count). The van der Waals surface area contributed by atoms with E-state index in [0.29, 0.717) is 24.0 Å². The van der Waals surface area contributed by atoms with Gasteiger partial charge in [0.05, 0.1) is 6.10 Å². The first-order valence-electron chi connectivity index (χ1n) is 10.3. The van der Waals surface area contributed by atoms with Gasteiger partial charge in [-0.05, 0) is 63.7 Å². The second-order valence-corrected chi connectivity index (χ2v) is 8.60. The van der Waals surface area contributed by atoms with E-state index >= 15 is 0 Å². The highest BCUT2D eigenvalue weighted by Gasteiger charge is 2.43. The fourth-order valence-electron chi connectivity index (χ4n) is 5.20. The Balaban J connectivity index is 1.47. The van der Waals surface area contributed by atoms with Crippen molar-refractivity contribution in [3.63, 3.8) is 0 Å². The first kappa shape index (κ1) is 18.7. The van der Waals surface area contributed by atoms with E-state index in [1.807, 2.05) is 24.1 Å². The molecule has 2 saturated heterocycles. The van der Waals surface area contributed by atoms with E-state index < -0.39 is 0 Å². The van der Waals surface area contributed by atoms with Gasteiger partial charge < -0.3 is 19.4 Å². The highest BCUT2D eigenvalue weighted by Crippen LogP contribution is 2.40. The Morgan fingerprint density at radius 1 is 1.19 bits per heavy atom. The monoisotopic (exact) mass is 372 g/mol. The van der Waals surface area contributed by atoms with E-state index in [-0.39, 0.29) is 5.91 Å². The zero-order chi connectivity index (χ0) is 19.0. The summed E-state index contributed by atoms with van der Waals surface area (Å²) in [5, 5.41) is 0. The summed E-state index contributed by atoms with van der Waals surface area (Å²) in [6.07, 6.45) is 6.60. The van der Waals surface area contributed by atoms with Crippen molar-refractivity contribution in [3.05, 3.63) is 23.9 Å².